The molecule has 4 heteroatoms. The molecule has 1 aromatic rings. The van der Waals surface area contributed by atoms with E-state index in [1.165, 1.54) is 19.2 Å². The number of carboxylic acid groups (broad SMARTS) is 1. The predicted octanol–water partition coefficient (Wildman–Crippen LogP) is 1.94. The minimum atomic E-state index is -1.12. The van der Waals surface area contributed by atoms with Crippen LogP contribution in [0.5, 0.6) is 0 Å². The summed E-state index contributed by atoms with van der Waals surface area (Å²) in [5, 5.41) is 8.61. The molecule has 0 saturated carbocycles. The number of carbonyl (C=O) groups is 1. The first-order valence-corrected chi connectivity index (χ1v) is 4.32. The second kappa shape index (κ2) is 5.26. The Kier molecular flexibility index (Phi) is 4.00. The van der Waals surface area contributed by atoms with Crippen molar-refractivity contribution in [1.29, 1.82) is 0 Å². The van der Waals surface area contributed by atoms with E-state index >= 15 is 0 Å². The van der Waals surface area contributed by atoms with E-state index in [1.807, 2.05) is 0 Å². The maximum atomic E-state index is 13.3. The van der Waals surface area contributed by atoms with Crippen molar-refractivity contribution in [1.82, 2.24) is 0 Å². The van der Waals surface area contributed by atoms with Crippen molar-refractivity contribution in [3.63, 3.8) is 0 Å². The summed E-state index contributed by atoms with van der Waals surface area (Å²) in [5.74, 6) is -1.58. The van der Waals surface area contributed by atoms with Crippen LogP contribution in [0.4, 0.5) is 4.39 Å². The average molecular weight is 210 g/mol. The van der Waals surface area contributed by atoms with Crippen LogP contribution in [-0.2, 0) is 9.53 Å². The van der Waals surface area contributed by atoms with Crippen molar-refractivity contribution in [2.75, 3.05) is 13.7 Å². The molecule has 0 unspecified atom stereocenters. The predicted molar refractivity (Wildman–Crippen MR) is 53.9 cm³/mol. The van der Waals surface area contributed by atoms with E-state index in [1.54, 1.807) is 12.1 Å². The van der Waals surface area contributed by atoms with E-state index in [0.29, 0.717) is 5.57 Å². The summed E-state index contributed by atoms with van der Waals surface area (Å²) in [4.78, 5) is 10.5. The molecule has 0 heterocycles. The van der Waals surface area contributed by atoms with Crippen LogP contribution < -0.4 is 0 Å². The van der Waals surface area contributed by atoms with Crippen molar-refractivity contribution in [3.05, 3.63) is 41.7 Å². The maximum Gasteiger partial charge on any atom is 0.328 e. The zero-order valence-corrected chi connectivity index (χ0v) is 8.24. The lowest BCUT2D eigenvalue weighted by atomic mass is 10.1. The largest absolute Gasteiger partial charge is 0.478 e. The number of halogens is 1. The third-order valence-corrected chi connectivity index (χ3v) is 1.82. The Morgan fingerprint density at radius 3 is 2.73 bits per heavy atom. The van der Waals surface area contributed by atoms with Crippen LogP contribution in [-0.4, -0.2) is 24.8 Å². The van der Waals surface area contributed by atoms with E-state index in [0.717, 1.165) is 6.08 Å². The minimum Gasteiger partial charge on any atom is -0.478 e. The van der Waals surface area contributed by atoms with Crippen LogP contribution in [0.15, 0.2) is 30.3 Å². The number of hydrogen-bond acceptors (Lipinski definition) is 2. The van der Waals surface area contributed by atoms with Crippen molar-refractivity contribution in [3.8, 4) is 0 Å². The monoisotopic (exact) mass is 210 g/mol. The second-order valence-electron chi connectivity index (χ2n) is 2.92. The van der Waals surface area contributed by atoms with Crippen LogP contribution in [0.1, 0.15) is 5.56 Å². The minimum absolute atomic E-state index is 0.0627. The van der Waals surface area contributed by atoms with E-state index in [9.17, 15) is 9.18 Å². The van der Waals surface area contributed by atoms with Gasteiger partial charge in [-0.2, -0.15) is 0 Å². The van der Waals surface area contributed by atoms with Crippen molar-refractivity contribution >= 4 is 11.5 Å². The highest BCUT2D eigenvalue weighted by Gasteiger charge is 2.08. The molecule has 0 aromatic heterocycles. The van der Waals surface area contributed by atoms with Crippen LogP contribution in [0, 0.1) is 5.82 Å². The number of benzene rings is 1. The van der Waals surface area contributed by atoms with Gasteiger partial charge in [0.25, 0.3) is 0 Å². The van der Waals surface area contributed by atoms with E-state index in [4.69, 9.17) is 9.84 Å². The van der Waals surface area contributed by atoms with Gasteiger partial charge in [-0.05, 0) is 11.6 Å². The summed E-state index contributed by atoms with van der Waals surface area (Å²) in [6, 6.07) is 5.98. The molecule has 15 heavy (non-hydrogen) atoms. The topological polar surface area (TPSA) is 46.5 Å². The first-order valence-electron chi connectivity index (χ1n) is 4.32. The fourth-order valence-corrected chi connectivity index (χ4v) is 1.22. The molecular weight excluding hydrogens is 199 g/mol. The molecule has 0 radical (unpaired) electrons. The third-order valence-electron chi connectivity index (χ3n) is 1.82. The van der Waals surface area contributed by atoms with Gasteiger partial charge in [0.1, 0.15) is 5.82 Å². The van der Waals surface area contributed by atoms with Gasteiger partial charge in [-0.3, -0.25) is 0 Å². The van der Waals surface area contributed by atoms with Crippen LogP contribution >= 0.6 is 0 Å². The van der Waals surface area contributed by atoms with Crippen molar-refractivity contribution in [2.45, 2.75) is 0 Å². The number of methoxy groups -OCH3 is 1. The third kappa shape index (κ3) is 3.18. The van der Waals surface area contributed by atoms with E-state index in [2.05, 4.69) is 0 Å². The van der Waals surface area contributed by atoms with Crippen LogP contribution in [0.3, 0.4) is 0 Å². The summed E-state index contributed by atoms with van der Waals surface area (Å²) < 4.78 is 18.1. The zero-order valence-electron chi connectivity index (χ0n) is 8.24. The highest BCUT2D eigenvalue weighted by molar-refractivity contribution is 5.90. The first-order chi connectivity index (χ1) is 7.15. The Morgan fingerprint density at radius 1 is 1.53 bits per heavy atom. The lowest BCUT2D eigenvalue weighted by Gasteiger charge is -2.06. The number of ether oxygens (including phenoxy) is 1. The zero-order chi connectivity index (χ0) is 11.3. The molecule has 1 N–H and O–H groups in total. The molecule has 0 fully saturated rings. The molecule has 0 amide bonds. The highest BCUT2D eigenvalue weighted by atomic mass is 19.1. The first kappa shape index (κ1) is 11.4. The van der Waals surface area contributed by atoms with Crippen LogP contribution in [0.2, 0.25) is 0 Å². The Balaban J connectivity index is 3.10. The molecule has 3 nitrogen and oxygen atoms in total. The van der Waals surface area contributed by atoms with E-state index < -0.39 is 11.8 Å². The van der Waals surface area contributed by atoms with Gasteiger partial charge >= 0.3 is 5.97 Å². The summed E-state index contributed by atoms with van der Waals surface area (Å²) in [7, 11) is 1.43. The van der Waals surface area contributed by atoms with Gasteiger partial charge in [0.2, 0.25) is 0 Å². The van der Waals surface area contributed by atoms with Gasteiger partial charge in [-0.1, -0.05) is 18.2 Å². The fraction of sp³-hybridized carbons (Fsp3) is 0.182. The number of hydrogen-bond donors (Lipinski definition) is 1. The van der Waals surface area contributed by atoms with Crippen LogP contribution in [0.25, 0.3) is 5.57 Å². The Morgan fingerprint density at radius 2 is 2.20 bits per heavy atom. The summed E-state index contributed by atoms with van der Waals surface area (Å²) in [6.45, 7) is 0.0627. The van der Waals surface area contributed by atoms with Gasteiger partial charge in [-0.25, -0.2) is 9.18 Å². The van der Waals surface area contributed by atoms with Gasteiger partial charge in [0.05, 0.1) is 6.61 Å². The summed E-state index contributed by atoms with van der Waals surface area (Å²) >= 11 is 0. The Bertz CT molecular complexity index is 385. The van der Waals surface area contributed by atoms with Gasteiger partial charge in [0.15, 0.2) is 0 Å². The molecule has 0 aliphatic carbocycles. The van der Waals surface area contributed by atoms with Gasteiger partial charge in [-0.15, -0.1) is 0 Å². The molecule has 0 bridgehead atoms. The second-order valence-corrected chi connectivity index (χ2v) is 2.92. The summed E-state index contributed by atoms with van der Waals surface area (Å²) in [6.07, 6.45) is 0.946. The van der Waals surface area contributed by atoms with Crippen molar-refractivity contribution in [2.24, 2.45) is 0 Å². The molecule has 1 rings (SSSR count). The molecular formula is C11H11FO3. The molecule has 80 valence electrons. The highest BCUT2D eigenvalue weighted by Crippen LogP contribution is 2.18. The lowest BCUT2D eigenvalue weighted by molar-refractivity contribution is -0.131. The molecule has 0 aliphatic rings. The fourth-order valence-electron chi connectivity index (χ4n) is 1.22. The number of carboxylic acids is 1. The molecule has 0 spiro atoms. The molecule has 0 atom stereocenters. The van der Waals surface area contributed by atoms with Gasteiger partial charge in [0, 0.05) is 18.7 Å². The quantitative estimate of drug-likeness (QED) is 0.772. The van der Waals surface area contributed by atoms with E-state index in [-0.39, 0.29) is 12.2 Å². The molecule has 0 aliphatic heterocycles. The van der Waals surface area contributed by atoms with Gasteiger partial charge < -0.3 is 9.84 Å². The lowest BCUT2D eigenvalue weighted by Crippen LogP contribution is -2.00. The molecule has 1 aromatic carbocycles. The SMILES string of the molecule is COC/C(=C\C(=O)O)c1ccccc1F. The normalized spacial score (nSPS) is 11.5. The molecule has 0 saturated heterocycles. The number of aliphatic carboxylic acids is 1. The average Bonchev–Trinajstić information content (AvgIpc) is 2.17. The number of rotatable bonds is 4. The Hall–Kier alpha value is -1.68. The standard InChI is InChI=1S/C11H11FO3/c1-15-7-8(6-11(13)14)9-4-2-3-5-10(9)12/h2-6H,7H2,1H3,(H,13,14)/b8-6+. The Labute approximate surface area is 86.8 Å². The smallest absolute Gasteiger partial charge is 0.328 e. The maximum absolute atomic E-state index is 13.3. The van der Waals surface area contributed by atoms with Crippen molar-refractivity contribution < 1.29 is 19.0 Å². The summed E-state index contributed by atoms with van der Waals surface area (Å²) in [5.41, 5.74) is 0.560.